The third kappa shape index (κ3) is 5.00. The van der Waals surface area contributed by atoms with E-state index in [9.17, 15) is 4.39 Å². The normalized spacial score (nSPS) is 11.6. The van der Waals surface area contributed by atoms with Crippen LogP contribution in [0.5, 0.6) is 5.75 Å². The number of aliphatic imine (C=N–C) groups is 1. The van der Waals surface area contributed by atoms with Crippen molar-refractivity contribution in [2.24, 2.45) is 4.99 Å². The minimum atomic E-state index is -0.269. The Hall–Kier alpha value is -3.09. The predicted octanol–water partition coefficient (Wildman–Crippen LogP) is 2.91. The van der Waals surface area contributed by atoms with Gasteiger partial charge in [0.25, 0.3) is 0 Å². The van der Waals surface area contributed by atoms with E-state index in [1.807, 2.05) is 24.2 Å². The Morgan fingerprint density at radius 1 is 1.29 bits per heavy atom. The van der Waals surface area contributed by atoms with Crippen LogP contribution in [0.4, 0.5) is 4.39 Å². The zero-order valence-electron chi connectivity index (χ0n) is 16.5. The van der Waals surface area contributed by atoms with Crippen molar-refractivity contribution < 1.29 is 9.13 Å². The average Bonchev–Trinajstić information content (AvgIpc) is 3.11. The van der Waals surface area contributed by atoms with Crippen molar-refractivity contribution in [1.82, 2.24) is 19.6 Å². The zero-order valence-corrected chi connectivity index (χ0v) is 16.5. The number of nitrogens with zero attached hydrogens (tertiary/aromatic N) is 4. The van der Waals surface area contributed by atoms with E-state index >= 15 is 0 Å². The first-order valence-corrected chi connectivity index (χ1v) is 9.30. The number of pyridine rings is 1. The van der Waals surface area contributed by atoms with Gasteiger partial charge in [0, 0.05) is 39.5 Å². The van der Waals surface area contributed by atoms with Gasteiger partial charge in [0.2, 0.25) is 0 Å². The molecule has 7 heteroatoms. The molecule has 1 N–H and O–H groups in total. The molecule has 0 unspecified atom stereocenters. The Kier molecular flexibility index (Phi) is 6.47. The fraction of sp³-hybridized carbons (Fsp3) is 0.333. The molecule has 0 atom stereocenters. The number of rotatable bonds is 7. The summed E-state index contributed by atoms with van der Waals surface area (Å²) in [5.74, 6) is 1.18. The number of hydrogen-bond donors (Lipinski definition) is 1. The van der Waals surface area contributed by atoms with Gasteiger partial charge >= 0.3 is 0 Å². The van der Waals surface area contributed by atoms with E-state index in [-0.39, 0.29) is 5.82 Å². The molecule has 3 aromatic rings. The van der Waals surface area contributed by atoms with Crippen LogP contribution in [0.25, 0.3) is 5.65 Å². The highest BCUT2D eigenvalue weighted by Crippen LogP contribution is 2.11. The van der Waals surface area contributed by atoms with Crippen molar-refractivity contribution >= 4 is 11.6 Å². The second-order valence-corrected chi connectivity index (χ2v) is 6.60. The molecule has 0 amide bonds. The number of nitrogens with one attached hydrogen (secondary N) is 1. The standard InChI is InChI=1S/C21H26FN5O/c1-16-5-4-12-27-15-18(25-20(16)27)10-11-24-21(23-2)26(3)13-14-28-19-8-6-17(22)7-9-19/h4-9,12,15H,10-11,13-14H2,1-3H3,(H,23,24). The lowest BCUT2D eigenvalue weighted by molar-refractivity contribution is 0.281. The molecule has 0 saturated heterocycles. The number of ether oxygens (including phenoxy) is 1. The fourth-order valence-electron chi connectivity index (χ4n) is 2.95. The lowest BCUT2D eigenvalue weighted by Gasteiger charge is -2.22. The van der Waals surface area contributed by atoms with E-state index in [2.05, 4.69) is 33.9 Å². The van der Waals surface area contributed by atoms with Crippen molar-refractivity contribution in [2.75, 3.05) is 33.8 Å². The number of aromatic nitrogens is 2. The van der Waals surface area contributed by atoms with Crippen molar-refractivity contribution in [3.63, 3.8) is 0 Å². The topological polar surface area (TPSA) is 54.2 Å². The molecule has 0 spiro atoms. The highest BCUT2D eigenvalue weighted by atomic mass is 19.1. The highest BCUT2D eigenvalue weighted by Gasteiger charge is 2.07. The van der Waals surface area contributed by atoms with Gasteiger partial charge in [-0.2, -0.15) is 0 Å². The SMILES string of the molecule is CN=C(NCCc1cn2cccc(C)c2n1)N(C)CCOc1ccc(F)cc1. The lowest BCUT2D eigenvalue weighted by Crippen LogP contribution is -2.41. The third-order valence-corrected chi connectivity index (χ3v) is 4.47. The summed E-state index contributed by atoms with van der Waals surface area (Å²) in [4.78, 5) is 11.0. The monoisotopic (exact) mass is 383 g/mol. The Labute approximate surface area is 164 Å². The molecule has 0 radical (unpaired) electrons. The van der Waals surface area contributed by atoms with Crippen molar-refractivity contribution in [1.29, 1.82) is 0 Å². The molecule has 2 aromatic heterocycles. The summed E-state index contributed by atoms with van der Waals surface area (Å²) in [5, 5.41) is 3.35. The molecule has 0 fully saturated rings. The largest absolute Gasteiger partial charge is 0.492 e. The molecule has 0 aliphatic rings. The summed E-state index contributed by atoms with van der Waals surface area (Å²) in [5.41, 5.74) is 3.20. The van der Waals surface area contributed by atoms with Gasteiger partial charge < -0.3 is 19.4 Å². The number of halogens is 1. The van der Waals surface area contributed by atoms with Gasteiger partial charge in [-0.3, -0.25) is 4.99 Å². The van der Waals surface area contributed by atoms with E-state index in [0.29, 0.717) is 18.9 Å². The van der Waals surface area contributed by atoms with Crippen LogP contribution in [0.2, 0.25) is 0 Å². The molecule has 0 aliphatic carbocycles. The van der Waals surface area contributed by atoms with Crippen LogP contribution in [-0.4, -0.2) is 54.0 Å². The van der Waals surface area contributed by atoms with Crippen LogP contribution in [0.1, 0.15) is 11.3 Å². The van der Waals surface area contributed by atoms with Gasteiger partial charge in [0.15, 0.2) is 5.96 Å². The number of benzene rings is 1. The molecule has 1 aromatic carbocycles. The van der Waals surface area contributed by atoms with E-state index < -0.39 is 0 Å². The van der Waals surface area contributed by atoms with Crippen LogP contribution in [-0.2, 0) is 6.42 Å². The van der Waals surface area contributed by atoms with E-state index in [4.69, 9.17) is 9.72 Å². The van der Waals surface area contributed by atoms with Crippen molar-refractivity contribution in [3.8, 4) is 5.75 Å². The quantitative estimate of drug-likeness (QED) is 0.504. The Morgan fingerprint density at radius 2 is 2.07 bits per heavy atom. The maximum absolute atomic E-state index is 12.9. The molecular formula is C21H26FN5O. The van der Waals surface area contributed by atoms with Gasteiger partial charge in [0.05, 0.1) is 12.2 Å². The molecular weight excluding hydrogens is 357 g/mol. The summed E-state index contributed by atoms with van der Waals surface area (Å²) in [6.07, 6.45) is 4.88. The third-order valence-electron chi connectivity index (χ3n) is 4.47. The molecule has 0 bridgehead atoms. The van der Waals surface area contributed by atoms with Gasteiger partial charge in [0.1, 0.15) is 23.8 Å². The predicted molar refractivity (Wildman–Crippen MR) is 110 cm³/mol. The minimum absolute atomic E-state index is 0.269. The van der Waals surface area contributed by atoms with Crippen molar-refractivity contribution in [2.45, 2.75) is 13.3 Å². The van der Waals surface area contributed by atoms with Gasteiger partial charge in [-0.25, -0.2) is 9.37 Å². The number of hydrogen-bond acceptors (Lipinski definition) is 3. The van der Waals surface area contributed by atoms with Crippen LogP contribution in [0, 0.1) is 12.7 Å². The fourth-order valence-corrected chi connectivity index (χ4v) is 2.95. The molecule has 2 heterocycles. The molecule has 148 valence electrons. The summed E-state index contributed by atoms with van der Waals surface area (Å²) in [6.45, 7) is 3.94. The first-order chi connectivity index (χ1) is 13.6. The van der Waals surface area contributed by atoms with Crippen LogP contribution in [0.15, 0.2) is 53.8 Å². The highest BCUT2D eigenvalue weighted by molar-refractivity contribution is 5.79. The van der Waals surface area contributed by atoms with Gasteiger partial charge in [-0.15, -0.1) is 0 Å². The Balaban J connectivity index is 1.45. The van der Waals surface area contributed by atoms with E-state index in [1.54, 1.807) is 19.2 Å². The maximum Gasteiger partial charge on any atom is 0.193 e. The van der Waals surface area contributed by atoms with Crippen LogP contribution >= 0.6 is 0 Å². The van der Waals surface area contributed by atoms with Crippen LogP contribution < -0.4 is 10.1 Å². The van der Waals surface area contributed by atoms with Gasteiger partial charge in [-0.05, 0) is 42.8 Å². The smallest absolute Gasteiger partial charge is 0.193 e. The number of fused-ring (bicyclic) bond motifs is 1. The number of guanidine groups is 1. The van der Waals surface area contributed by atoms with Gasteiger partial charge in [-0.1, -0.05) is 6.07 Å². The first kappa shape index (κ1) is 19.7. The molecule has 0 aliphatic heterocycles. The van der Waals surface area contributed by atoms with E-state index in [1.165, 1.54) is 17.7 Å². The molecule has 3 rings (SSSR count). The average molecular weight is 383 g/mol. The summed E-state index contributed by atoms with van der Waals surface area (Å²) >= 11 is 0. The second-order valence-electron chi connectivity index (χ2n) is 6.60. The van der Waals surface area contributed by atoms with Crippen molar-refractivity contribution in [3.05, 3.63) is 65.9 Å². The Bertz CT molecular complexity index is 936. The lowest BCUT2D eigenvalue weighted by atomic mass is 10.3. The summed E-state index contributed by atoms with van der Waals surface area (Å²) < 4.78 is 20.6. The second kappa shape index (κ2) is 9.21. The maximum atomic E-state index is 12.9. The number of aryl methyl sites for hydroxylation is 1. The molecule has 0 saturated carbocycles. The summed E-state index contributed by atoms with van der Waals surface area (Å²) in [7, 11) is 3.71. The zero-order chi connectivity index (χ0) is 19.9. The van der Waals surface area contributed by atoms with Crippen LogP contribution in [0.3, 0.4) is 0 Å². The molecule has 6 nitrogen and oxygen atoms in total. The molecule has 28 heavy (non-hydrogen) atoms. The van der Waals surface area contributed by atoms with E-state index in [0.717, 1.165) is 30.3 Å². The number of likely N-dealkylation sites (N-methyl/N-ethyl adjacent to an activating group) is 1. The summed E-state index contributed by atoms with van der Waals surface area (Å²) in [6, 6.07) is 10.1. The Morgan fingerprint density at radius 3 is 2.79 bits per heavy atom. The minimum Gasteiger partial charge on any atom is -0.492 e. The number of imidazole rings is 1. The first-order valence-electron chi connectivity index (χ1n) is 9.30.